The summed E-state index contributed by atoms with van der Waals surface area (Å²) in [5.74, 6) is 5.31. The van der Waals surface area contributed by atoms with E-state index in [2.05, 4.69) is 34.2 Å². The Bertz CT molecular complexity index is 650. The van der Waals surface area contributed by atoms with Crippen LogP contribution < -0.4 is 0 Å². The predicted octanol–water partition coefficient (Wildman–Crippen LogP) is 3.94. The molecule has 0 atom stereocenters. The van der Waals surface area contributed by atoms with Gasteiger partial charge in [-0.15, -0.1) is 21.5 Å². The standard InChI is InChI=1S/C18H23N3S/c1-21-16(8-15-3-2-4-22-15)19-20-17(21)18-9-12-5-13(10-18)7-14(6-12)11-18/h2-4,12-14H,5-11H2,1H3. The van der Waals surface area contributed by atoms with E-state index in [1.807, 2.05) is 11.3 Å². The Morgan fingerprint density at radius 3 is 2.41 bits per heavy atom. The van der Waals surface area contributed by atoms with E-state index >= 15 is 0 Å². The van der Waals surface area contributed by atoms with Gasteiger partial charge in [0.1, 0.15) is 11.6 Å². The minimum Gasteiger partial charge on any atom is -0.317 e. The van der Waals surface area contributed by atoms with Gasteiger partial charge in [-0.2, -0.15) is 0 Å². The highest BCUT2D eigenvalue weighted by atomic mass is 32.1. The summed E-state index contributed by atoms with van der Waals surface area (Å²) < 4.78 is 2.33. The third kappa shape index (κ3) is 1.92. The molecular weight excluding hydrogens is 290 g/mol. The highest BCUT2D eigenvalue weighted by Gasteiger charge is 2.53. The van der Waals surface area contributed by atoms with Crippen molar-refractivity contribution in [2.75, 3.05) is 0 Å². The van der Waals surface area contributed by atoms with Gasteiger partial charge < -0.3 is 4.57 Å². The van der Waals surface area contributed by atoms with Gasteiger partial charge >= 0.3 is 0 Å². The molecule has 4 bridgehead atoms. The average molecular weight is 313 g/mol. The summed E-state index contributed by atoms with van der Waals surface area (Å²) in [4.78, 5) is 1.38. The van der Waals surface area contributed by atoms with E-state index in [-0.39, 0.29) is 0 Å². The number of hydrogen-bond donors (Lipinski definition) is 0. The van der Waals surface area contributed by atoms with Crippen LogP contribution in [0.5, 0.6) is 0 Å². The van der Waals surface area contributed by atoms with Crippen LogP contribution in [-0.2, 0) is 18.9 Å². The largest absolute Gasteiger partial charge is 0.317 e. The van der Waals surface area contributed by atoms with Crippen LogP contribution in [0.2, 0.25) is 0 Å². The summed E-state index contributed by atoms with van der Waals surface area (Å²) >= 11 is 1.81. The Balaban J connectivity index is 1.49. The van der Waals surface area contributed by atoms with Crippen molar-refractivity contribution < 1.29 is 0 Å². The quantitative estimate of drug-likeness (QED) is 0.859. The molecule has 4 aliphatic carbocycles. The third-order valence-electron chi connectivity index (χ3n) is 6.39. The van der Waals surface area contributed by atoms with E-state index in [0.717, 1.165) is 30.0 Å². The smallest absolute Gasteiger partial charge is 0.139 e. The first-order valence-electron chi connectivity index (χ1n) is 8.63. The van der Waals surface area contributed by atoms with Crippen molar-refractivity contribution in [1.82, 2.24) is 14.8 Å². The lowest BCUT2D eigenvalue weighted by Crippen LogP contribution is -2.49. The Labute approximate surface area is 135 Å². The van der Waals surface area contributed by atoms with Gasteiger partial charge in [0, 0.05) is 23.8 Å². The zero-order valence-electron chi connectivity index (χ0n) is 13.2. The van der Waals surface area contributed by atoms with Gasteiger partial charge in [-0.05, 0) is 67.7 Å². The lowest BCUT2D eigenvalue weighted by Gasteiger charge is -2.56. The molecule has 0 unspecified atom stereocenters. The number of nitrogens with zero attached hydrogens (tertiary/aromatic N) is 3. The first-order valence-corrected chi connectivity index (χ1v) is 9.51. The molecule has 0 aromatic carbocycles. The Hall–Kier alpha value is -1.16. The SMILES string of the molecule is Cn1c(Cc2cccs2)nnc1C12CC3CC(CC(C3)C1)C2. The predicted molar refractivity (Wildman–Crippen MR) is 88.0 cm³/mol. The maximum atomic E-state index is 4.70. The highest BCUT2D eigenvalue weighted by Crippen LogP contribution is 2.60. The molecule has 2 aromatic rings. The molecule has 2 aromatic heterocycles. The summed E-state index contributed by atoms with van der Waals surface area (Å²) in [7, 11) is 2.19. The van der Waals surface area contributed by atoms with Crippen LogP contribution in [0.1, 0.15) is 55.1 Å². The minimum atomic E-state index is 0.351. The molecule has 0 radical (unpaired) electrons. The molecule has 0 N–H and O–H groups in total. The number of aromatic nitrogens is 3. The molecule has 22 heavy (non-hydrogen) atoms. The Kier molecular flexibility index (Phi) is 2.82. The molecule has 0 aliphatic heterocycles. The summed E-state index contributed by atoms with van der Waals surface area (Å²) in [5.41, 5.74) is 0.351. The van der Waals surface area contributed by atoms with Crippen molar-refractivity contribution in [3.63, 3.8) is 0 Å². The molecule has 0 amide bonds. The number of hydrogen-bond acceptors (Lipinski definition) is 3. The normalized spacial score (nSPS) is 36.1. The van der Waals surface area contributed by atoms with Crippen LogP contribution in [0, 0.1) is 17.8 Å². The van der Waals surface area contributed by atoms with Gasteiger partial charge in [-0.25, -0.2) is 0 Å². The van der Waals surface area contributed by atoms with Crippen LogP contribution in [0.4, 0.5) is 0 Å². The molecule has 4 heteroatoms. The van der Waals surface area contributed by atoms with Gasteiger partial charge in [0.2, 0.25) is 0 Å². The monoisotopic (exact) mass is 313 g/mol. The first-order chi connectivity index (χ1) is 10.7. The van der Waals surface area contributed by atoms with E-state index < -0.39 is 0 Å². The second-order valence-corrected chi connectivity index (χ2v) is 8.99. The minimum absolute atomic E-state index is 0.351. The highest BCUT2D eigenvalue weighted by molar-refractivity contribution is 7.09. The second-order valence-electron chi connectivity index (χ2n) is 7.95. The van der Waals surface area contributed by atoms with Gasteiger partial charge in [0.05, 0.1) is 0 Å². The summed E-state index contributed by atoms with van der Waals surface area (Å²) in [6.07, 6.45) is 9.48. The topological polar surface area (TPSA) is 30.7 Å². The summed E-state index contributed by atoms with van der Waals surface area (Å²) in [6, 6.07) is 4.32. The van der Waals surface area contributed by atoms with Crippen LogP contribution in [-0.4, -0.2) is 14.8 Å². The zero-order valence-corrected chi connectivity index (χ0v) is 14.0. The Morgan fingerprint density at radius 1 is 1.14 bits per heavy atom. The van der Waals surface area contributed by atoms with Crippen molar-refractivity contribution in [2.24, 2.45) is 24.8 Å². The van der Waals surface area contributed by atoms with E-state index in [9.17, 15) is 0 Å². The van der Waals surface area contributed by atoms with Crippen LogP contribution in [0.15, 0.2) is 17.5 Å². The average Bonchev–Trinajstić information content (AvgIpc) is 3.09. The lowest BCUT2D eigenvalue weighted by molar-refractivity contribution is -0.0108. The molecular formula is C18H23N3S. The van der Waals surface area contributed by atoms with Gasteiger partial charge in [0.15, 0.2) is 0 Å². The molecule has 6 rings (SSSR count). The van der Waals surface area contributed by atoms with Gasteiger partial charge in [-0.3, -0.25) is 0 Å². The van der Waals surface area contributed by atoms with Crippen molar-refractivity contribution >= 4 is 11.3 Å². The lowest BCUT2D eigenvalue weighted by atomic mass is 9.49. The molecule has 2 heterocycles. The molecule has 4 fully saturated rings. The zero-order chi connectivity index (χ0) is 14.7. The van der Waals surface area contributed by atoms with Crippen molar-refractivity contribution in [1.29, 1.82) is 0 Å². The van der Waals surface area contributed by atoms with E-state index in [1.54, 1.807) is 0 Å². The first kappa shape index (κ1) is 13.3. The second kappa shape index (κ2) is 4.67. The number of thiophene rings is 1. The van der Waals surface area contributed by atoms with Crippen molar-refractivity contribution in [2.45, 2.75) is 50.4 Å². The van der Waals surface area contributed by atoms with Crippen molar-refractivity contribution in [3.05, 3.63) is 34.0 Å². The fraction of sp³-hybridized carbons (Fsp3) is 0.667. The van der Waals surface area contributed by atoms with Gasteiger partial charge in [-0.1, -0.05) is 6.07 Å². The van der Waals surface area contributed by atoms with Gasteiger partial charge in [0.25, 0.3) is 0 Å². The van der Waals surface area contributed by atoms with Crippen LogP contribution in [0.25, 0.3) is 0 Å². The molecule has 0 saturated heterocycles. The maximum absolute atomic E-state index is 4.70. The van der Waals surface area contributed by atoms with Crippen molar-refractivity contribution in [3.8, 4) is 0 Å². The summed E-state index contributed by atoms with van der Waals surface area (Å²) in [5, 5.41) is 11.4. The fourth-order valence-electron chi connectivity index (χ4n) is 5.93. The molecule has 0 spiro atoms. The maximum Gasteiger partial charge on any atom is 0.139 e. The molecule has 4 saturated carbocycles. The molecule has 116 valence electrons. The van der Waals surface area contributed by atoms with E-state index in [1.165, 1.54) is 49.2 Å². The third-order valence-corrected chi connectivity index (χ3v) is 7.27. The molecule has 4 aliphatic rings. The van der Waals surface area contributed by atoms with E-state index in [0.29, 0.717) is 5.41 Å². The molecule has 3 nitrogen and oxygen atoms in total. The fourth-order valence-corrected chi connectivity index (χ4v) is 6.63. The van der Waals surface area contributed by atoms with E-state index in [4.69, 9.17) is 5.10 Å². The number of rotatable bonds is 3. The Morgan fingerprint density at radius 2 is 1.82 bits per heavy atom. The summed E-state index contributed by atoms with van der Waals surface area (Å²) in [6.45, 7) is 0. The van der Waals surface area contributed by atoms with Crippen LogP contribution >= 0.6 is 11.3 Å². The van der Waals surface area contributed by atoms with Crippen LogP contribution in [0.3, 0.4) is 0 Å².